The molecule has 0 radical (unpaired) electrons. The average molecular weight is 275 g/mol. The van der Waals surface area contributed by atoms with E-state index in [1.165, 1.54) is 0 Å². The molecular weight excluding hydrogens is 260 g/mol. The lowest BCUT2D eigenvalue weighted by Crippen LogP contribution is -2.14. The molecule has 0 unspecified atom stereocenters. The summed E-state index contributed by atoms with van der Waals surface area (Å²) < 4.78 is 6.44. The Bertz CT molecular complexity index is 287. The van der Waals surface area contributed by atoms with Crippen LogP contribution in [0.15, 0.2) is 28.7 Å². The lowest BCUT2D eigenvalue weighted by Gasteiger charge is -2.11. The molecule has 0 fully saturated rings. The summed E-state index contributed by atoms with van der Waals surface area (Å²) in [5.41, 5.74) is 0. The van der Waals surface area contributed by atoms with Crippen molar-refractivity contribution in [1.29, 1.82) is 0 Å². The number of rotatable bonds is 6. The van der Waals surface area contributed by atoms with Gasteiger partial charge in [-0.15, -0.1) is 0 Å². The zero-order valence-corrected chi connectivity index (χ0v) is 9.98. The van der Waals surface area contributed by atoms with Gasteiger partial charge >= 0.3 is 0 Å². The van der Waals surface area contributed by atoms with Gasteiger partial charge in [-0.2, -0.15) is 0 Å². The van der Waals surface area contributed by atoms with Crippen LogP contribution in [0.3, 0.4) is 0 Å². The van der Waals surface area contributed by atoms with Crippen LogP contribution >= 0.6 is 15.9 Å². The molecule has 2 N–H and O–H groups in total. The zero-order valence-electron chi connectivity index (χ0n) is 8.40. The highest BCUT2D eigenvalue weighted by atomic mass is 79.9. The predicted molar refractivity (Wildman–Crippen MR) is 61.9 cm³/mol. The SMILES string of the molecule is OCC(CO)CCOc1cccc(Br)c1. The number of hydrogen-bond donors (Lipinski definition) is 2. The van der Waals surface area contributed by atoms with Crippen LogP contribution in [-0.4, -0.2) is 30.0 Å². The van der Waals surface area contributed by atoms with E-state index < -0.39 is 0 Å². The first-order valence-corrected chi connectivity index (χ1v) is 5.65. The van der Waals surface area contributed by atoms with Crippen LogP contribution in [0, 0.1) is 5.92 Å². The average Bonchev–Trinajstić information content (AvgIpc) is 2.25. The molecule has 0 atom stereocenters. The third-order valence-electron chi connectivity index (χ3n) is 2.11. The largest absolute Gasteiger partial charge is 0.494 e. The van der Waals surface area contributed by atoms with Crippen molar-refractivity contribution in [2.75, 3.05) is 19.8 Å². The molecule has 0 aliphatic heterocycles. The molecule has 0 aromatic heterocycles. The highest BCUT2D eigenvalue weighted by molar-refractivity contribution is 9.10. The maximum Gasteiger partial charge on any atom is 0.120 e. The fourth-order valence-corrected chi connectivity index (χ4v) is 1.52. The molecule has 0 saturated carbocycles. The van der Waals surface area contributed by atoms with E-state index in [4.69, 9.17) is 14.9 Å². The molecule has 1 rings (SSSR count). The molecule has 15 heavy (non-hydrogen) atoms. The molecule has 1 aromatic rings. The number of halogens is 1. The fourth-order valence-electron chi connectivity index (χ4n) is 1.14. The highest BCUT2D eigenvalue weighted by Crippen LogP contribution is 2.18. The van der Waals surface area contributed by atoms with Crippen LogP contribution in [0.5, 0.6) is 5.75 Å². The van der Waals surface area contributed by atoms with E-state index in [-0.39, 0.29) is 19.1 Å². The normalized spacial score (nSPS) is 10.7. The van der Waals surface area contributed by atoms with Crippen molar-refractivity contribution in [2.45, 2.75) is 6.42 Å². The Morgan fingerprint density at radius 3 is 2.60 bits per heavy atom. The summed E-state index contributed by atoms with van der Waals surface area (Å²) in [6, 6.07) is 7.58. The second-order valence-corrected chi connectivity index (χ2v) is 4.24. The molecule has 84 valence electrons. The molecular formula is C11H15BrO3. The fraction of sp³-hybridized carbons (Fsp3) is 0.455. The van der Waals surface area contributed by atoms with Gasteiger partial charge < -0.3 is 14.9 Å². The van der Waals surface area contributed by atoms with Crippen molar-refractivity contribution >= 4 is 15.9 Å². The van der Waals surface area contributed by atoms with E-state index in [1.54, 1.807) is 0 Å². The summed E-state index contributed by atoms with van der Waals surface area (Å²) in [6.07, 6.45) is 0.652. The molecule has 0 heterocycles. The molecule has 0 saturated heterocycles. The Morgan fingerprint density at radius 1 is 1.27 bits per heavy atom. The van der Waals surface area contributed by atoms with Gasteiger partial charge in [0.25, 0.3) is 0 Å². The van der Waals surface area contributed by atoms with E-state index in [2.05, 4.69) is 15.9 Å². The minimum absolute atomic E-state index is 0.00164. The van der Waals surface area contributed by atoms with Crippen molar-refractivity contribution in [2.24, 2.45) is 5.92 Å². The van der Waals surface area contributed by atoms with Crippen molar-refractivity contribution in [1.82, 2.24) is 0 Å². The maximum absolute atomic E-state index is 8.84. The van der Waals surface area contributed by atoms with Crippen molar-refractivity contribution < 1.29 is 14.9 Å². The zero-order chi connectivity index (χ0) is 11.1. The van der Waals surface area contributed by atoms with Gasteiger partial charge in [-0.05, 0) is 24.6 Å². The van der Waals surface area contributed by atoms with Crippen molar-refractivity contribution in [3.63, 3.8) is 0 Å². The summed E-state index contributed by atoms with van der Waals surface area (Å²) in [6.45, 7) is 0.499. The molecule has 0 aliphatic rings. The quantitative estimate of drug-likeness (QED) is 0.832. The maximum atomic E-state index is 8.84. The van der Waals surface area contributed by atoms with Crippen LogP contribution < -0.4 is 4.74 Å². The van der Waals surface area contributed by atoms with E-state index in [0.29, 0.717) is 13.0 Å². The first-order chi connectivity index (χ1) is 7.26. The Morgan fingerprint density at radius 2 is 2.00 bits per heavy atom. The summed E-state index contributed by atoms with van der Waals surface area (Å²) in [7, 11) is 0. The molecule has 4 heteroatoms. The predicted octanol–water partition coefficient (Wildman–Crippen LogP) is 1.82. The van der Waals surface area contributed by atoms with Gasteiger partial charge in [0.05, 0.1) is 6.61 Å². The van der Waals surface area contributed by atoms with E-state index >= 15 is 0 Å². The lowest BCUT2D eigenvalue weighted by molar-refractivity contribution is 0.128. The van der Waals surface area contributed by atoms with Crippen molar-refractivity contribution in [3.05, 3.63) is 28.7 Å². The Balaban J connectivity index is 2.31. The lowest BCUT2D eigenvalue weighted by atomic mass is 10.1. The highest BCUT2D eigenvalue weighted by Gasteiger charge is 2.05. The standard InChI is InChI=1S/C11H15BrO3/c12-10-2-1-3-11(6-10)15-5-4-9(7-13)8-14/h1-3,6,9,13-14H,4-5,7-8H2. The number of aliphatic hydroxyl groups excluding tert-OH is 2. The number of hydrogen-bond acceptors (Lipinski definition) is 3. The van der Waals surface area contributed by atoms with Gasteiger partial charge in [-0.3, -0.25) is 0 Å². The second-order valence-electron chi connectivity index (χ2n) is 3.33. The molecule has 0 bridgehead atoms. The Kier molecular flexibility index (Phi) is 5.68. The van der Waals surface area contributed by atoms with Crippen LogP contribution in [0.4, 0.5) is 0 Å². The molecule has 1 aromatic carbocycles. The third kappa shape index (κ3) is 4.64. The number of benzene rings is 1. The van der Waals surface area contributed by atoms with E-state index in [9.17, 15) is 0 Å². The number of ether oxygens (including phenoxy) is 1. The topological polar surface area (TPSA) is 49.7 Å². The van der Waals surface area contributed by atoms with Crippen LogP contribution in [-0.2, 0) is 0 Å². The number of aliphatic hydroxyl groups is 2. The van der Waals surface area contributed by atoms with Crippen LogP contribution in [0.2, 0.25) is 0 Å². The molecule has 0 aliphatic carbocycles. The monoisotopic (exact) mass is 274 g/mol. The van der Waals surface area contributed by atoms with Crippen LogP contribution in [0.25, 0.3) is 0 Å². The minimum Gasteiger partial charge on any atom is -0.494 e. The van der Waals surface area contributed by atoms with Gasteiger partial charge in [-0.25, -0.2) is 0 Å². The van der Waals surface area contributed by atoms with E-state index in [0.717, 1.165) is 10.2 Å². The Hall–Kier alpha value is -0.580. The molecule has 0 amide bonds. The van der Waals surface area contributed by atoms with Gasteiger partial charge in [0.1, 0.15) is 5.75 Å². The Labute approximate surface area is 97.8 Å². The first kappa shape index (κ1) is 12.5. The summed E-state index contributed by atoms with van der Waals surface area (Å²) in [5, 5.41) is 17.7. The second kappa shape index (κ2) is 6.82. The summed E-state index contributed by atoms with van der Waals surface area (Å²) in [4.78, 5) is 0. The first-order valence-electron chi connectivity index (χ1n) is 4.86. The van der Waals surface area contributed by atoms with Gasteiger partial charge in [0.15, 0.2) is 0 Å². The van der Waals surface area contributed by atoms with Gasteiger partial charge in [0, 0.05) is 23.6 Å². The molecule has 3 nitrogen and oxygen atoms in total. The van der Waals surface area contributed by atoms with Crippen molar-refractivity contribution in [3.8, 4) is 5.75 Å². The summed E-state index contributed by atoms with van der Waals surface area (Å²) >= 11 is 3.35. The van der Waals surface area contributed by atoms with Crippen LogP contribution in [0.1, 0.15) is 6.42 Å². The van der Waals surface area contributed by atoms with E-state index in [1.807, 2.05) is 24.3 Å². The van der Waals surface area contributed by atoms with Gasteiger partial charge in [-0.1, -0.05) is 22.0 Å². The molecule has 0 spiro atoms. The third-order valence-corrected chi connectivity index (χ3v) is 2.60. The van der Waals surface area contributed by atoms with Gasteiger partial charge in [0.2, 0.25) is 0 Å². The smallest absolute Gasteiger partial charge is 0.120 e. The minimum atomic E-state index is -0.0860. The summed E-state index contributed by atoms with van der Waals surface area (Å²) in [5.74, 6) is 0.705.